The van der Waals surface area contributed by atoms with Crippen LogP contribution in [0.25, 0.3) is 0 Å². The summed E-state index contributed by atoms with van der Waals surface area (Å²) >= 11 is 0. The summed E-state index contributed by atoms with van der Waals surface area (Å²) < 4.78 is 5.77. The normalized spacial score (nSPS) is 15.7. The van der Waals surface area contributed by atoms with Crippen LogP contribution in [0.15, 0.2) is 48.5 Å². The topological polar surface area (TPSA) is 38.3 Å². The fraction of sp³-hybridized carbons (Fsp3) is 0.286. The predicted octanol–water partition coefficient (Wildman–Crippen LogP) is 4.21. The van der Waals surface area contributed by atoms with Gasteiger partial charge in [-0.3, -0.25) is 0 Å². The van der Waals surface area contributed by atoms with Crippen molar-refractivity contribution >= 4 is 6.09 Å². The van der Waals surface area contributed by atoms with Crippen molar-refractivity contribution in [3.63, 3.8) is 0 Å². The smallest absolute Gasteiger partial charge is 0.408 e. The molecule has 1 atom stereocenters. The van der Waals surface area contributed by atoms with Gasteiger partial charge in [0.1, 0.15) is 6.10 Å². The third kappa shape index (κ3) is 3.78. The van der Waals surface area contributed by atoms with E-state index < -0.39 is 6.09 Å². The van der Waals surface area contributed by atoms with E-state index >= 15 is 0 Å². The Bertz CT molecular complexity index is 821. The Kier molecular flexibility index (Phi) is 4.31. The Morgan fingerprint density at radius 1 is 1.04 bits per heavy atom. The molecule has 0 saturated carbocycles. The summed E-state index contributed by atoms with van der Waals surface area (Å²) in [5, 5.41) is 2.86. The maximum atomic E-state index is 12.3. The highest BCUT2D eigenvalue weighted by molar-refractivity contribution is 5.69. The summed E-state index contributed by atoms with van der Waals surface area (Å²) in [4.78, 5) is 12.3. The Morgan fingerprint density at radius 2 is 1.67 bits per heavy atom. The van der Waals surface area contributed by atoms with Crippen molar-refractivity contribution in [3.05, 3.63) is 70.8 Å². The molecule has 1 aliphatic carbocycles. The van der Waals surface area contributed by atoms with E-state index in [0.29, 0.717) is 6.42 Å². The molecule has 1 unspecified atom stereocenters. The minimum absolute atomic E-state index is 0.337. The lowest BCUT2D eigenvalue weighted by atomic mass is 9.92. The molecule has 1 amide bonds. The number of ether oxygens (including phenoxy) is 1. The van der Waals surface area contributed by atoms with Crippen molar-refractivity contribution < 1.29 is 9.53 Å². The van der Waals surface area contributed by atoms with Crippen LogP contribution < -0.4 is 5.32 Å². The minimum Gasteiger partial charge on any atom is -0.441 e. The number of fused-ring (bicyclic) bond motifs is 2. The number of amides is 1. The third-order valence-corrected chi connectivity index (χ3v) is 3.79. The second kappa shape index (κ2) is 6.41. The molecule has 1 aliphatic rings. The number of benzene rings is 2. The van der Waals surface area contributed by atoms with E-state index in [1.807, 2.05) is 69.3 Å². The summed E-state index contributed by atoms with van der Waals surface area (Å²) in [6.45, 7) is 5.79. The fourth-order valence-electron chi connectivity index (χ4n) is 2.73. The average molecular weight is 319 g/mol. The van der Waals surface area contributed by atoms with Gasteiger partial charge in [0.25, 0.3) is 0 Å². The van der Waals surface area contributed by atoms with E-state index in [1.54, 1.807) is 0 Å². The lowest BCUT2D eigenvalue weighted by molar-refractivity contribution is 0.0908. The van der Waals surface area contributed by atoms with Crippen molar-refractivity contribution in [2.75, 3.05) is 0 Å². The number of carbonyl (C=O) groups excluding carboxylic acids is 1. The molecule has 0 saturated heterocycles. The van der Waals surface area contributed by atoms with Gasteiger partial charge in [-0.05, 0) is 38.5 Å². The molecule has 0 bridgehead atoms. The van der Waals surface area contributed by atoms with Crippen molar-refractivity contribution in [3.8, 4) is 11.8 Å². The zero-order valence-electron chi connectivity index (χ0n) is 14.2. The Labute approximate surface area is 143 Å². The van der Waals surface area contributed by atoms with Crippen LogP contribution in [-0.2, 0) is 11.2 Å². The zero-order valence-corrected chi connectivity index (χ0v) is 14.2. The molecular formula is C21H21NO2. The van der Waals surface area contributed by atoms with Gasteiger partial charge in [0, 0.05) is 28.7 Å². The van der Waals surface area contributed by atoms with Gasteiger partial charge in [-0.25, -0.2) is 4.79 Å². The van der Waals surface area contributed by atoms with Crippen LogP contribution in [-0.4, -0.2) is 11.6 Å². The Balaban J connectivity index is 1.97. The summed E-state index contributed by atoms with van der Waals surface area (Å²) in [6.07, 6.45) is -0.160. The third-order valence-electron chi connectivity index (χ3n) is 3.79. The highest BCUT2D eigenvalue weighted by Crippen LogP contribution is 2.28. The number of alkyl carbamates (subject to hydrolysis) is 1. The number of carbonyl (C=O) groups is 1. The summed E-state index contributed by atoms with van der Waals surface area (Å²) in [6, 6.07) is 15.8. The molecule has 3 rings (SSSR count). The molecule has 2 aromatic rings. The first-order chi connectivity index (χ1) is 11.4. The molecule has 0 aliphatic heterocycles. The highest BCUT2D eigenvalue weighted by Gasteiger charge is 2.24. The molecule has 2 aromatic carbocycles. The highest BCUT2D eigenvalue weighted by atomic mass is 16.6. The first-order valence-electron chi connectivity index (χ1n) is 8.10. The van der Waals surface area contributed by atoms with Gasteiger partial charge in [0.2, 0.25) is 0 Å². The van der Waals surface area contributed by atoms with E-state index in [9.17, 15) is 4.79 Å². The van der Waals surface area contributed by atoms with Gasteiger partial charge in [-0.15, -0.1) is 0 Å². The number of nitrogens with one attached hydrogen (secondary N) is 1. The maximum Gasteiger partial charge on any atom is 0.408 e. The van der Waals surface area contributed by atoms with Crippen molar-refractivity contribution in [2.45, 2.75) is 38.8 Å². The van der Waals surface area contributed by atoms with Crippen molar-refractivity contribution in [1.29, 1.82) is 0 Å². The van der Waals surface area contributed by atoms with Gasteiger partial charge in [0.15, 0.2) is 0 Å². The van der Waals surface area contributed by atoms with E-state index in [4.69, 9.17) is 4.74 Å². The Morgan fingerprint density at radius 3 is 2.42 bits per heavy atom. The van der Waals surface area contributed by atoms with E-state index in [0.717, 1.165) is 22.3 Å². The first kappa shape index (κ1) is 16.1. The molecule has 0 heterocycles. The van der Waals surface area contributed by atoms with Crippen LogP contribution in [0.5, 0.6) is 0 Å². The molecule has 122 valence electrons. The largest absolute Gasteiger partial charge is 0.441 e. The molecule has 0 spiro atoms. The van der Waals surface area contributed by atoms with Gasteiger partial charge in [-0.1, -0.05) is 48.2 Å². The van der Waals surface area contributed by atoms with Gasteiger partial charge >= 0.3 is 6.09 Å². The van der Waals surface area contributed by atoms with Crippen LogP contribution in [0, 0.1) is 11.8 Å². The fourth-order valence-corrected chi connectivity index (χ4v) is 2.73. The van der Waals surface area contributed by atoms with Gasteiger partial charge in [-0.2, -0.15) is 0 Å². The van der Waals surface area contributed by atoms with Crippen molar-refractivity contribution in [1.82, 2.24) is 5.32 Å². The Hall–Kier alpha value is -2.73. The second-order valence-electron chi connectivity index (χ2n) is 6.97. The molecule has 1 N–H and O–H groups in total. The first-order valence-corrected chi connectivity index (χ1v) is 8.10. The van der Waals surface area contributed by atoms with Gasteiger partial charge < -0.3 is 10.1 Å². The average Bonchev–Trinajstić information content (AvgIpc) is 2.50. The molecule has 24 heavy (non-hydrogen) atoms. The van der Waals surface area contributed by atoms with E-state index in [2.05, 4.69) is 17.2 Å². The van der Waals surface area contributed by atoms with Crippen molar-refractivity contribution in [2.24, 2.45) is 0 Å². The number of rotatable bonds is 1. The molecule has 3 nitrogen and oxygen atoms in total. The van der Waals surface area contributed by atoms with E-state index in [-0.39, 0.29) is 11.6 Å². The molecule has 0 aromatic heterocycles. The summed E-state index contributed by atoms with van der Waals surface area (Å²) in [7, 11) is 0. The van der Waals surface area contributed by atoms with Crippen LogP contribution in [0.1, 0.15) is 49.1 Å². The SMILES string of the molecule is CC(C)(C)NC(=O)OC1Cc2ccccc2C#Cc2ccccc21. The number of hydrogen-bond acceptors (Lipinski definition) is 2. The molecule has 0 radical (unpaired) electrons. The standard InChI is InChI=1S/C21H21NO2/c1-21(2,3)22-20(23)24-19-14-17-10-5-4-8-15(17)12-13-16-9-6-7-11-18(16)19/h4-11,19H,14H2,1-3H3,(H,22,23). The lowest BCUT2D eigenvalue weighted by Crippen LogP contribution is -2.41. The van der Waals surface area contributed by atoms with Crippen LogP contribution in [0.4, 0.5) is 4.79 Å². The van der Waals surface area contributed by atoms with Crippen LogP contribution in [0.2, 0.25) is 0 Å². The summed E-state index contributed by atoms with van der Waals surface area (Å²) in [5.74, 6) is 6.44. The monoisotopic (exact) mass is 319 g/mol. The lowest BCUT2D eigenvalue weighted by Gasteiger charge is -2.25. The number of hydrogen-bond donors (Lipinski definition) is 1. The maximum absolute atomic E-state index is 12.3. The van der Waals surface area contributed by atoms with Crippen LogP contribution in [0.3, 0.4) is 0 Å². The second-order valence-corrected chi connectivity index (χ2v) is 6.97. The van der Waals surface area contributed by atoms with Gasteiger partial charge in [0.05, 0.1) is 0 Å². The van der Waals surface area contributed by atoms with E-state index in [1.165, 1.54) is 0 Å². The zero-order chi connectivity index (χ0) is 17.2. The molecular weight excluding hydrogens is 298 g/mol. The summed E-state index contributed by atoms with van der Waals surface area (Å²) in [5.41, 5.74) is 3.59. The van der Waals surface area contributed by atoms with Crippen LogP contribution >= 0.6 is 0 Å². The predicted molar refractivity (Wildman–Crippen MR) is 94.7 cm³/mol. The molecule has 3 heteroatoms. The quantitative estimate of drug-likeness (QED) is 0.800. The molecule has 0 fully saturated rings. The minimum atomic E-state index is -0.409.